The molecule has 1 aromatic rings. The van der Waals surface area contributed by atoms with E-state index in [1.54, 1.807) is 0 Å². The van der Waals surface area contributed by atoms with E-state index in [2.05, 4.69) is 25.2 Å². The van der Waals surface area contributed by atoms with E-state index in [1.807, 2.05) is 26.0 Å². The van der Waals surface area contributed by atoms with Gasteiger partial charge in [-0.25, -0.2) is 0 Å². The molecule has 1 saturated heterocycles. The van der Waals surface area contributed by atoms with Gasteiger partial charge in [-0.1, -0.05) is 39.0 Å². The quantitative estimate of drug-likeness (QED) is 0.901. The molecule has 0 atom stereocenters. The van der Waals surface area contributed by atoms with Gasteiger partial charge in [0, 0.05) is 5.69 Å². The van der Waals surface area contributed by atoms with Crippen LogP contribution in [0.3, 0.4) is 0 Å². The molecule has 1 aliphatic rings. The Morgan fingerprint density at radius 2 is 2.11 bits per heavy atom. The second-order valence-corrected chi connectivity index (χ2v) is 5.77. The Hall–Kier alpha value is -1.35. The van der Waals surface area contributed by atoms with Crippen molar-refractivity contribution < 1.29 is 9.53 Å². The third kappa shape index (κ3) is 2.52. The Morgan fingerprint density at radius 3 is 2.58 bits per heavy atom. The second-order valence-electron chi connectivity index (χ2n) is 5.77. The van der Waals surface area contributed by atoms with Gasteiger partial charge >= 0.3 is 0 Å². The average Bonchev–Trinajstić information content (AvgIpc) is 2.30. The maximum Gasteiger partial charge on any atom is 0.235 e. The summed E-state index contributed by atoms with van der Waals surface area (Å²) in [5.41, 5.74) is 2.96. The molecule has 0 spiro atoms. The molecule has 1 heterocycles. The zero-order chi connectivity index (χ0) is 14.0. The zero-order valence-electron chi connectivity index (χ0n) is 12.2. The van der Waals surface area contributed by atoms with Gasteiger partial charge in [-0.05, 0) is 30.4 Å². The number of carbonyl (C=O) groups excluding carboxylic acids is 1. The number of carbonyl (C=O) groups is 1. The lowest BCUT2D eigenvalue weighted by molar-refractivity contribution is -0.156. The number of hydrogen-bond acceptors (Lipinski definition) is 2. The topological polar surface area (TPSA) is 38.3 Å². The fourth-order valence-electron chi connectivity index (χ4n) is 2.43. The highest BCUT2D eigenvalue weighted by Crippen LogP contribution is 2.34. The van der Waals surface area contributed by atoms with Crippen LogP contribution in [0.2, 0.25) is 0 Å². The van der Waals surface area contributed by atoms with Crippen LogP contribution in [0.4, 0.5) is 5.69 Å². The first-order valence-corrected chi connectivity index (χ1v) is 6.99. The van der Waals surface area contributed by atoms with E-state index < -0.39 is 0 Å². The number of para-hydroxylation sites is 1. The molecule has 3 heteroatoms. The smallest absolute Gasteiger partial charge is 0.235 e. The highest BCUT2D eigenvalue weighted by atomic mass is 16.5. The van der Waals surface area contributed by atoms with Crippen molar-refractivity contribution in [3.63, 3.8) is 0 Å². The average molecular weight is 261 g/mol. The van der Waals surface area contributed by atoms with Crippen molar-refractivity contribution in [3.8, 4) is 0 Å². The molecule has 0 aromatic heterocycles. The predicted octanol–water partition coefficient (Wildman–Crippen LogP) is 3.48. The molecule has 1 N–H and O–H groups in total. The van der Waals surface area contributed by atoms with E-state index in [0.717, 1.165) is 17.7 Å². The molecule has 104 valence electrons. The van der Waals surface area contributed by atoms with Gasteiger partial charge in [0.05, 0.1) is 18.6 Å². The highest BCUT2D eigenvalue weighted by molar-refractivity contribution is 5.97. The highest BCUT2D eigenvalue weighted by Gasteiger charge is 2.44. The number of nitrogens with one attached hydrogen (secondary N) is 1. The summed E-state index contributed by atoms with van der Waals surface area (Å²) in [7, 11) is 0. The molecule has 1 amide bonds. The predicted molar refractivity (Wildman–Crippen MR) is 77.4 cm³/mol. The Bertz CT molecular complexity index is 470. The number of aryl methyl sites for hydroxylation is 1. The minimum absolute atomic E-state index is 0.0949. The van der Waals surface area contributed by atoms with Crippen LogP contribution < -0.4 is 5.32 Å². The van der Waals surface area contributed by atoms with E-state index in [4.69, 9.17) is 4.74 Å². The number of rotatable bonds is 4. The van der Waals surface area contributed by atoms with Gasteiger partial charge in [0.1, 0.15) is 0 Å². The number of benzene rings is 1. The molecular formula is C16H23NO2. The summed E-state index contributed by atoms with van der Waals surface area (Å²) in [6, 6.07) is 6.17. The molecule has 1 aliphatic heterocycles. The van der Waals surface area contributed by atoms with E-state index in [-0.39, 0.29) is 11.3 Å². The van der Waals surface area contributed by atoms with E-state index >= 15 is 0 Å². The first-order valence-electron chi connectivity index (χ1n) is 6.99. The van der Waals surface area contributed by atoms with Crippen molar-refractivity contribution in [2.75, 3.05) is 18.5 Å². The molecule has 0 bridgehead atoms. The Morgan fingerprint density at radius 1 is 1.42 bits per heavy atom. The second kappa shape index (κ2) is 5.33. The minimum Gasteiger partial charge on any atom is -0.379 e. The summed E-state index contributed by atoms with van der Waals surface area (Å²) in [6.45, 7) is 9.45. The Labute approximate surface area is 115 Å². The molecule has 0 unspecified atom stereocenters. The van der Waals surface area contributed by atoms with Crippen LogP contribution in [-0.2, 0) is 9.53 Å². The third-order valence-electron chi connectivity index (χ3n) is 4.08. The molecule has 1 fully saturated rings. The van der Waals surface area contributed by atoms with Crippen LogP contribution >= 0.6 is 0 Å². The normalized spacial score (nSPS) is 17.1. The largest absolute Gasteiger partial charge is 0.379 e. The SMILES string of the molecule is CCC1(C(=O)Nc2c(C)cccc2C(C)C)COC1. The van der Waals surface area contributed by atoms with Crippen LogP contribution in [0.25, 0.3) is 0 Å². The standard InChI is InChI=1S/C16H23NO2/c1-5-16(9-19-10-16)15(18)17-14-12(4)7-6-8-13(14)11(2)3/h6-8,11H,5,9-10H2,1-4H3,(H,17,18). The minimum atomic E-state index is -0.323. The van der Waals surface area contributed by atoms with Gasteiger partial charge in [0.15, 0.2) is 0 Å². The lowest BCUT2D eigenvalue weighted by Crippen LogP contribution is -2.51. The summed E-state index contributed by atoms with van der Waals surface area (Å²) < 4.78 is 5.24. The monoisotopic (exact) mass is 261 g/mol. The molecule has 1 aromatic carbocycles. The summed E-state index contributed by atoms with van der Waals surface area (Å²) in [5.74, 6) is 0.489. The maximum atomic E-state index is 12.5. The summed E-state index contributed by atoms with van der Waals surface area (Å²) >= 11 is 0. The van der Waals surface area contributed by atoms with Crippen molar-refractivity contribution in [2.45, 2.75) is 40.0 Å². The maximum absolute atomic E-state index is 12.5. The molecular weight excluding hydrogens is 238 g/mol. The van der Waals surface area contributed by atoms with Crippen LogP contribution in [0, 0.1) is 12.3 Å². The molecule has 0 saturated carbocycles. The number of amides is 1. The van der Waals surface area contributed by atoms with Gasteiger partial charge < -0.3 is 10.1 Å². The van der Waals surface area contributed by atoms with E-state index in [0.29, 0.717) is 19.1 Å². The van der Waals surface area contributed by atoms with Crippen LogP contribution in [0.1, 0.15) is 44.2 Å². The lowest BCUT2D eigenvalue weighted by Gasteiger charge is -2.39. The van der Waals surface area contributed by atoms with Gasteiger partial charge in [-0.15, -0.1) is 0 Å². The van der Waals surface area contributed by atoms with Crippen molar-refractivity contribution >= 4 is 11.6 Å². The van der Waals surface area contributed by atoms with E-state index in [1.165, 1.54) is 5.56 Å². The number of anilines is 1. The number of hydrogen-bond donors (Lipinski definition) is 1. The Balaban J connectivity index is 2.26. The molecule has 19 heavy (non-hydrogen) atoms. The van der Waals surface area contributed by atoms with Gasteiger partial charge in [-0.2, -0.15) is 0 Å². The van der Waals surface area contributed by atoms with Gasteiger partial charge in [-0.3, -0.25) is 4.79 Å². The zero-order valence-corrected chi connectivity index (χ0v) is 12.2. The van der Waals surface area contributed by atoms with E-state index in [9.17, 15) is 4.79 Å². The molecule has 0 aliphatic carbocycles. The van der Waals surface area contributed by atoms with Crippen molar-refractivity contribution in [3.05, 3.63) is 29.3 Å². The molecule has 2 rings (SSSR count). The summed E-state index contributed by atoms with van der Waals surface area (Å²) in [6.07, 6.45) is 0.821. The van der Waals surface area contributed by atoms with Crippen LogP contribution in [0.5, 0.6) is 0 Å². The molecule has 3 nitrogen and oxygen atoms in total. The van der Waals surface area contributed by atoms with Crippen LogP contribution in [-0.4, -0.2) is 19.1 Å². The first kappa shape index (κ1) is 14.1. The lowest BCUT2D eigenvalue weighted by atomic mass is 9.82. The van der Waals surface area contributed by atoms with Crippen molar-refractivity contribution in [1.29, 1.82) is 0 Å². The summed E-state index contributed by atoms with van der Waals surface area (Å²) in [4.78, 5) is 12.5. The Kier molecular flexibility index (Phi) is 3.95. The first-order chi connectivity index (χ1) is 9.00. The van der Waals surface area contributed by atoms with Gasteiger partial charge in [0.2, 0.25) is 5.91 Å². The fourth-order valence-corrected chi connectivity index (χ4v) is 2.43. The summed E-state index contributed by atoms with van der Waals surface area (Å²) in [5, 5.41) is 3.13. The van der Waals surface area contributed by atoms with Crippen molar-refractivity contribution in [2.24, 2.45) is 5.41 Å². The molecule has 0 radical (unpaired) electrons. The third-order valence-corrected chi connectivity index (χ3v) is 4.08. The van der Waals surface area contributed by atoms with Crippen molar-refractivity contribution in [1.82, 2.24) is 0 Å². The van der Waals surface area contributed by atoms with Gasteiger partial charge in [0.25, 0.3) is 0 Å². The fraction of sp³-hybridized carbons (Fsp3) is 0.562. The van der Waals surface area contributed by atoms with Crippen LogP contribution in [0.15, 0.2) is 18.2 Å². The number of ether oxygens (including phenoxy) is 1.